The summed E-state index contributed by atoms with van der Waals surface area (Å²) < 4.78 is 0. The van der Waals surface area contributed by atoms with Crippen molar-refractivity contribution in [3.63, 3.8) is 0 Å². The van der Waals surface area contributed by atoms with Crippen LogP contribution in [0.4, 0.5) is 5.69 Å². The quantitative estimate of drug-likeness (QED) is 0.783. The molecule has 0 aliphatic carbocycles. The first-order valence-corrected chi connectivity index (χ1v) is 7.88. The number of nitrogens with zero attached hydrogens (tertiary/aromatic N) is 3. The van der Waals surface area contributed by atoms with Gasteiger partial charge in [-0.2, -0.15) is 4.80 Å². The fourth-order valence-corrected chi connectivity index (χ4v) is 2.46. The van der Waals surface area contributed by atoms with Gasteiger partial charge in [-0.3, -0.25) is 4.79 Å². The minimum atomic E-state index is 0.0139. The van der Waals surface area contributed by atoms with Crippen LogP contribution in [-0.4, -0.2) is 20.9 Å². The second kappa shape index (κ2) is 6.38. The molecule has 118 valence electrons. The maximum Gasteiger partial charge on any atom is 0.224 e. The number of aryl methyl sites for hydroxylation is 1. The van der Waals surface area contributed by atoms with E-state index >= 15 is 0 Å². The van der Waals surface area contributed by atoms with Crippen LogP contribution in [0.1, 0.15) is 25.3 Å². The molecule has 1 aromatic heterocycles. The van der Waals surface area contributed by atoms with E-state index in [2.05, 4.69) is 15.5 Å². The zero-order valence-corrected chi connectivity index (χ0v) is 13.8. The molecular formula is C17H17ClN4O. The van der Waals surface area contributed by atoms with Crippen molar-refractivity contribution < 1.29 is 4.79 Å². The number of amides is 1. The third-order valence-electron chi connectivity index (χ3n) is 3.54. The third-order valence-corrected chi connectivity index (χ3v) is 3.79. The van der Waals surface area contributed by atoms with Gasteiger partial charge in [-0.05, 0) is 55.3 Å². The zero-order chi connectivity index (χ0) is 16.4. The third kappa shape index (κ3) is 3.35. The SMILES string of the molecule is CCCC(=O)Nc1cc2nn(-c3ccc(Cl)cc3)nc2cc1C. The fourth-order valence-electron chi connectivity index (χ4n) is 2.33. The van der Waals surface area contributed by atoms with Crippen LogP contribution in [-0.2, 0) is 4.79 Å². The van der Waals surface area contributed by atoms with Crippen molar-refractivity contribution >= 4 is 34.2 Å². The Bertz CT molecular complexity index is 855. The Morgan fingerprint density at radius 2 is 1.83 bits per heavy atom. The van der Waals surface area contributed by atoms with Crippen LogP contribution in [0, 0.1) is 6.92 Å². The van der Waals surface area contributed by atoms with Gasteiger partial charge >= 0.3 is 0 Å². The molecule has 0 aliphatic rings. The number of fused-ring (bicyclic) bond motifs is 1. The Labute approximate surface area is 139 Å². The number of aromatic nitrogens is 3. The molecular weight excluding hydrogens is 312 g/mol. The number of nitrogens with one attached hydrogen (secondary N) is 1. The van der Waals surface area contributed by atoms with Gasteiger partial charge in [-0.1, -0.05) is 18.5 Å². The van der Waals surface area contributed by atoms with E-state index in [0.29, 0.717) is 11.4 Å². The molecule has 2 aromatic carbocycles. The lowest BCUT2D eigenvalue weighted by atomic mass is 10.1. The molecule has 1 heterocycles. The van der Waals surface area contributed by atoms with Crippen LogP contribution >= 0.6 is 11.6 Å². The molecule has 0 fully saturated rings. The van der Waals surface area contributed by atoms with Crippen molar-refractivity contribution in [3.8, 4) is 5.69 Å². The second-order valence-corrected chi connectivity index (χ2v) is 5.86. The molecule has 5 nitrogen and oxygen atoms in total. The Morgan fingerprint density at radius 1 is 1.17 bits per heavy atom. The van der Waals surface area contributed by atoms with Gasteiger partial charge in [0.25, 0.3) is 0 Å². The Kier molecular flexibility index (Phi) is 4.30. The van der Waals surface area contributed by atoms with Gasteiger partial charge in [-0.25, -0.2) is 0 Å². The minimum absolute atomic E-state index is 0.0139. The molecule has 1 N–H and O–H groups in total. The first-order valence-electron chi connectivity index (χ1n) is 7.50. The van der Waals surface area contributed by atoms with E-state index in [4.69, 9.17) is 11.6 Å². The van der Waals surface area contributed by atoms with E-state index in [0.717, 1.165) is 34.4 Å². The number of carbonyl (C=O) groups excluding carboxylic acids is 1. The van der Waals surface area contributed by atoms with Crippen LogP contribution in [0.25, 0.3) is 16.7 Å². The normalized spacial score (nSPS) is 10.9. The lowest BCUT2D eigenvalue weighted by molar-refractivity contribution is -0.116. The summed E-state index contributed by atoms with van der Waals surface area (Å²) >= 11 is 5.90. The summed E-state index contributed by atoms with van der Waals surface area (Å²) in [7, 11) is 0. The van der Waals surface area contributed by atoms with Crippen LogP contribution in [0.5, 0.6) is 0 Å². The second-order valence-electron chi connectivity index (χ2n) is 5.42. The summed E-state index contributed by atoms with van der Waals surface area (Å²) in [6.07, 6.45) is 1.33. The molecule has 0 unspecified atom stereocenters. The summed E-state index contributed by atoms with van der Waals surface area (Å²) in [6.45, 7) is 3.93. The number of halogens is 1. The van der Waals surface area contributed by atoms with E-state index in [1.165, 1.54) is 0 Å². The number of benzene rings is 2. The summed E-state index contributed by atoms with van der Waals surface area (Å²) in [5.41, 5.74) is 4.09. The lowest BCUT2D eigenvalue weighted by Gasteiger charge is -2.07. The standard InChI is InChI=1S/C17H17ClN4O/c1-3-4-17(23)19-14-10-16-15(9-11(14)2)20-22(21-16)13-7-5-12(18)6-8-13/h5-10H,3-4H2,1-2H3,(H,19,23). The number of rotatable bonds is 4. The maximum absolute atomic E-state index is 11.8. The highest BCUT2D eigenvalue weighted by molar-refractivity contribution is 6.30. The summed E-state index contributed by atoms with van der Waals surface area (Å²) in [6, 6.07) is 11.1. The van der Waals surface area contributed by atoms with Crippen molar-refractivity contribution in [1.82, 2.24) is 15.0 Å². The molecule has 3 aromatic rings. The molecule has 3 rings (SSSR count). The molecule has 6 heteroatoms. The fraction of sp³-hybridized carbons (Fsp3) is 0.235. The summed E-state index contributed by atoms with van der Waals surface area (Å²) in [5, 5.41) is 12.6. The van der Waals surface area contributed by atoms with Gasteiger partial charge in [0.2, 0.25) is 5.91 Å². The molecule has 0 bridgehead atoms. The average Bonchev–Trinajstić information content (AvgIpc) is 2.91. The molecule has 23 heavy (non-hydrogen) atoms. The molecule has 0 saturated carbocycles. The highest BCUT2D eigenvalue weighted by Gasteiger charge is 2.10. The topological polar surface area (TPSA) is 59.8 Å². The van der Waals surface area contributed by atoms with E-state index in [1.807, 2.05) is 38.1 Å². The minimum Gasteiger partial charge on any atom is -0.326 e. The van der Waals surface area contributed by atoms with Gasteiger partial charge in [0.05, 0.1) is 5.69 Å². The van der Waals surface area contributed by atoms with Crippen molar-refractivity contribution in [2.24, 2.45) is 0 Å². The predicted molar refractivity (Wildman–Crippen MR) is 92.1 cm³/mol. The van der Waals surface area contributed by atoms with Crippen molar-refractivity contribution in [3.05, 3.63) is 47.0 Å². The molecule has 0 radical (unpaired) electrons. The highest BCUT2D eigenvalue weighted by atomic mass is 35.5. The van der Waals surface area contributed by atoms with Gasteiger partial charge < -0.3 is 5.32 Å². The Hall–Kier alpha value is -2.40. The summed E-state index contributed by atoms with van der Waals surface area (Å²) in [4.78, 5) is 13.4. The lowest BCUT2D eigenvalue weighted by Crippen LogP contribution is -2.11. The predicted octanol–water partition coefficient (Wildman–Crippen LogP) is 4.12. The van der Waals surface area contributed by atoms with Crippen LogP contribution < -0.4 is 5.32 Å². The van der Waals surface area contributed by atoms with E-state index in [9.17, 15) is 4.79 Å². The monoisotopic (exact) mass is 328 g/mol. The Balaban J connectivity index is 1.96. The average molecular weight is 329 g/mol. The van der Waals surface area contributed by atoms with E-state index < -0.39 is 0 Å². The number of hydrogen-bond donors (Lipinski definition) is 1. The molecule has 0 aliphatic heterocycles. The van der Waals surface area contributed by atoms with E-state index in [-0.39, 0.29) is 5.91 Å². The molecule has 1 amide bonds. The number of carbonyl (C=O) groups is 1. The van der Waals surface area contributed by atoms with Gasteiger partial charge in [-0.15, -0.1) is 10.2 Å². The number of hydrogen-bond acceptors (Lipinski definition) is 3. The zero-order valence-electron chi connectivity index (χ0n) is 13.0. The summed E-state index contributed by atoms with van der Waals surface area (Å²) in [5.74, 6) is 0.0139. The van der Waals surface area contributed by atoms with E-state index in [1.54, 1.807) is 16.9 Å². The van der Waals surface area contributed by atoms with Crippen molar-refractivity contribution in [1.29, 1.82) is 0 Å². The molecule has 0 saturated heterocycles. The largest absolute Gasteiger partial charge is 0.326 e. The Morgan fingerprint density at radius 3 is 2.48 bits per heavy atom. The van der Waals surface area contributed by atoms with Crippen LogP contribution in [0.15, 0.2) is 36.4 Å². The van der Waals surface area contributed by atoms with Gasteiger partial charge in [0.1, 0.15) is 11.0 Å². The number of anilines is 1. The van der Waals surface area contributed by atoms with Crippen LogP contribution in [0.3, 0.4) is 0 Å². The first-order chi connectivity index (χ1) is 11.1. The molecule has 0 atom stereocenters. The van der Waals surface area contributed by atoms with Gasteiger partial charge in [0, 0.05) is 17.1 Å². The van der Waals surface area contributed by atoms with Crippen molar-refractivity contribution in [2.75, 3.05) is 5.32 Å². The maximum atomic E-state index is 11.8. The van der Waals surface area contributed by atoms with Crippen LogP contribution in [0.2, 0.25) is 5.02 Å². The smallest absolute Gasteiger partial charge is 0.224 e. The van der Waals surface area contributed by atoms with Crippen molar-refractivity contribution in [2.45, 2.75) is 26.7 Å². The molecule has 0 spiro atoms. The van der Waals surface area contributed by atoms with Gasteiger partial charge in [0.15, 0.2) is 0 Å². The highest BCUT2D eigenvalue weighted by Crippen LogP contribution is 2.22. The first kappa shape index (κ1) is 15.5.